The van der Waals surface area contributed by atoms with Gasteiger partial charge in [0.05, 0.1) is 6.54 Å². The van der Waals surface area contributed by atoms with Crippen molar-refractivity contribution in [1.82, 2.24) is 5.32 Å². The molecule has 6 aliphatic rings. The summed E-state index contributed by atoms with van der Waals surface area (Å²) in [6.45, 7) is -0.110. The van der Waals surface area contributed by atoms with Crippen molar-refractivity contribution in [2.45, 2.75) is 75.8 Å². The lowest BCUT2D eigenvalue weighted by atomic mass is 9.53. The zero-order valence-electron chi connectivity index (χ0n) is 15.8. The van der Waals surface area contributed by atoms with Crippen LogP contribution in [-0.2, 0) is 24.1 Å². The van der Waals surface area contributed by atoms with Crippen LogP contribution in [0, 0.1) is 29.6 Å². The highest BCUT2D eigenvalue weighted by atomic mass is 17.3. The Morgan fingerprint density at radius 2 is 1.74 bits per heavy atom. The fourth-order valence-electron chi connectivity index (χ4n) is 6.78. The van der Waals surface area contributed by atoms with Crippen molar-refractivity contribution in [2.75, 3.05) is 6.54 Å². The standard InChI is InChI=1S/C20H30N2O5/c21-17(23)11-22-18(24)9-12-2-1-3-19(10-12)25-20(27-26-19)15-5-13-4-14(7-15)8-16(20)6-13/h12-16H,1-11H2,(H2,21,23)(H,22,24). The number of amides is 2. The van der Waals surface area contributed by atoms with Crippen LogP contribution in [0.25, 0.3) is 0 Å². The smallest absolute Gasteiger partial charge is 0.236 e. The summed E-state index contributed by atoms with van der Waals surface area (Å²) in [6.07, 6.45) is 9.96. The Labute approximate surface area is 159 Å². The average Bonchev–Trinajstić information content (AvgIpc) is 2.97. The first kappa shape index (κ1) is 17.9. The van der Waals surface area contributed by atoms with Gasteiger partial charge in [0.25, 0.3) is 0 Å². The van der Waals surface area contributed by atoms with E-state index in [1.54, 1.807) is 0 Å². The van der Waals surface area contributed by atoms with Gasteiger partial charge in [-0.3, -0.25) is 9.59 Å². The Morgan fingerprint density at radius 3 is 2.41 bits per heavy atom. The lowest BCUT2D eigenvalue weighted by Crippen LogP contribution is -2.59. The van der Waals surface area contributed by atoms with E-state index in [2.05, 4.69) is 5.32 Å². The van der Waals surface area contributed by atoms with E-state index in [0.29, 0.717) is 24.7 Å². The molecule has 0 aromatic heterocycles. The lowest BCUT2D eigenvalue weighted by Gasteiger charge is -2.57. The second-order valence-electron chi connectivity index (χ2n) is 9.61. The van der Waals surface area contributed by atoms with Gasteiger partial charge in [-0.05, 0) is 62.7 Å². The maximum atomic E-state index is 12.1. The van der Waals surface area contributed by atoms with E-state index < -0.39 is 17.5 Å². The summed E-state index contributed by atoms with van der Waals surface area (Å²) in [4.78, 5) is 34.9. The number of hydrogen-bond donors (Lipinski definition) is 2. The fourth-order valence-corrected chi connectivity index (χ4v) is 6.78. The summed E-state index contributed by atoms with van der Waals surface area (Å²) in [5.41, 5.74) is 5.09. The number of primary amides is 1. The molecule has 2 unspecified atom stereocenters. The first-order chi connectivity index (χ1) is 13.0. The minimum absolute atomic E-state index is 0.110. The molecule has 7 nitrogen and oxygen atoms in total. The Hall–Kier alpha value is -1.18. The van der Waals surface area contributed by atoms with Crippen molar-refractivity contribution < 1.29 is 24.1 Å². The highest BCUT2D eigenvalue weighted by Crippen LogP contribution is 2.64. The highest BCUT2D eigenvalue weighted by Gasteiger charge is 2.66. The first-order valence-electron chi connectivity index (χ1n) is 10.6. The van der Waals surface area contributed by atoms with Gasteiger partial charge >= 0.3 is 0 Å². The maximum Gasteiger partial charge on any atom is 0.236 e. The van der Waals surface area contributed by atoms with Crippen LogP contribution in [0.3, 0.4) is 0 Å². The maximum absolute atomic E-state index is 12.1. The molecule has 1 heterocycles. The topological polar surface area (TPSA) is 99.9 Å². The molecule has 0 radical (unpaired) electrons. The van der Waals surface area contributed by atoms with Crippen molar-refractivity contribution in [3.63, 3.8) is 0 Å². The lowest BCUT2D eigenvalue weighted by molar-refractivity contribution is -0.390. The number of hydrogen-bond acceptors (Lipinski definition) is 5. The van der Waals surface area contributed by atoms with Gasteiger partial charge in [0.15, 0.2) is 0 Å². The van der Waals surface area contributed by atoms with Gasteiger partial charge in [0.1, 0.15) is 0 Å². The molecule has 2 spiro atoms. The van der Waals surface area contributed by atoms with Gasteiger partial charge in [-0.2, -0.15) is 9.78 Å². The molecular formula is C20H30N2O5. The molecule has 2 amide bonds. The quantitative estimate of drug-likeness (QED) is 0.729. The molecule has 4 bridgehead atoms. The van der Waals surface area contributed by atoms with Crippen LogP contribution < -0.4 is 11.1 Å². The normalized spacial score (nSPS) is 47.6. The summed E-state index contributed by atoms with van der Waals surface area (Å²) >= 11 is 0. The molecule has 6 rings (SSSR count). The van der Waals surface area contributed by atoms with Crippen LogP contribution >= 0.6 is 0 Å². The number of nitrogens with two attached hydrogens (primary N) is 1. The van der Waals surface area contributed by atoms with Crippen LogP contribution in [0.15, 0.2) is 0 Å². The van der Waals surface area contributed by atoms with Crippen LogP contribution in [0.1, 0.15) is 64.2 Å². The molecule has 7 heteroatoms. The van der Waals surface area contributed by atoms with Gasteiger partial charge in [-0.1, -0.05) is 0 Å². The number of ether oxygens (including phenoxy) is 1. The van der Waals surface area contributed by atoms with Gasteiger partial charge in [-0.25, -0.2) is 0 Å². The van der Waals surface area contributed by atoms with Crippen LogP contribution in [0.2, 0.25) is 0 Å². The molecule has 0 aromatic carbocycles. The monoisotopic (exact) mass is 378 g/mol. The first-order valence-corrected chi connectivity index (χ1v) is 10.6. The van der Waals surface area contributed by atoms with E-state index in [-0.39, 0.29) is 18.4 Å². The predicted octanol–water partition coefficient (Wildman–Crippen LogP) is 2.00. The van der Waals surface area contributed by atoms with Gasteiger partial charge in [0.2, 0.25) is 23.4 Å². The number of nitrogens with one attached hydrogen (secondary N) is 1. The summed E-state index contributed by atoms with van der Waals surface area (Å²) in [7, 11) is 0. The molecule has 5 aliphatic carbocycles. The largest absolute Gasteiger partial charge is 0.368 e. The van der Waals surface area contributed by atoms with Crippen LogP contribution in [-0.4, -0.2) is 29.9 Å². The van der Waals surface area contributed by atoms with Gasteiger partial charge in [-0.15, -0.1) is 0 Å². The van der Waals surface area contributed by atoms with Crippen molar-refractivity contribution in [3.05, 3.63) is 0 Å². The minimum atomic E-state index is -0.706. The molecular weight excluding hydrogens is 348 g/mol. The van der Waals surface area contributed by atoms with Gasteiger partial charge in [0, 0.05) is 31.1 Å². The summed E-state index contributed by atoms with van der Waals surface area (Å²) in [5, 5.41) is 2.58. The number of carbonyl (C=O) groups excluding carboxylic acids is 2. The van der Waals surface area contributed by atoms with E-state index in [1.165, 1.54) is 32.1 Å². The SMILES string of the molecule is NC(=O)CNC(=O)CC1CCCC2(C1)OOC1(O2)C2CC3CC(C2)CC1C3. The molecule has 27 heavy (non-hydrogen) atoms. The second kappa shape index (κ2) is 6.42. The molecule has 5 saturated carbocycles. The summed E-state index contributed by atoms with van der Waals surface area (Å²) < 4.78 is 6.71. The third kappa shape index (κ3) is 3.08. The van der Waals surface area contributed by atoms with Crippen molar-refractivity contribution in [1.29, 1.82) is 0 Å². The van der Waals surface area contributed by atoms with Crippen molar-refractivity contribution in [3.8, 4) is 0 Å². The Kier molecular flexibility index (Phi) is 4.26. The molecule has 0 aromatic rings. The number of carbonyl (C=O) groups is 2. The third-order valence-corrected chi connectivity index (χ3v) is 7.65. The minimum Gasteiger partial charge on any atom is -0.368 e. The van der Waals surface area contributed by atoms with Crippen LogP contribution in [0.5, 0.6) is 0 Å². The number of rotatable bonds is 4. The Balaban J connectivity index is 1.25. The highest BCUT2D eigenvalue weighted by molar-refractivity contribution is 5.83. The van der Waals surface area contributed by atoms with Crippen LogP contribution in [0.4, 0.5) is 0 Å². The Morgan fingerprint density at radius 1 is 1.04 bits per heavy atom. The Bertz CT molecular complexity index is 610. The van der Waals surface area contributed by atoms with E-state index in [9.17, 15) is 9.59 Å². The van der Waals surface area contributed by atoms with E-state index in [0.717, 1.165) is 31.1 Å². The average molecular weight is 378 g/mol. The molecule has 2 atom stereocenters. The second-order valence-corrected chi connectivity index (χ2v) is 9.61. The third-order valence-electron chi connectivity index (χ3n) is 7.65. The zero-order chi connectivity index (χ0) is 18.6. The summed E-state index contributed by atoms with van der Waals surface area (Å²) in [6, 6.07) is 0. The van der Waals surface area contributed by atoms with Crippen molar-refractivity contribution in [2.24, 2.45) is 35.3 Å². The zero-order valence-corrected chi connectivity index (χ0v) is 15.8. The molecule has 3 N–H and O–H groups in total. The predicted molar refractivity (Wildman–Crippen MR) is 94.5 cm³/mol. The van der Waals surface area contributed by atoms with E-state index in [4.69, 9.17) is 20.2 Å². The summed E-state index contributed by atoms with van der Waals surface area (Å²) in [5.74, 6) is 0.834. The van der Waals surface area contributed by atoms with E-state index in [1.807, 2.05) is 0 Å². The van der Waals surface area contributed by atoms with Crippen molar-refractivity contribution >= 4 is 11.8 Å². The molecule has 1 aliphatic heterocycles. The van der Waals surface area contributed by atoms with Gasteiger partial charge < -0.3 is 15.8 Å². The van der Waals surface area contributed by atoms with E-state index >= 15 is 0 Å². The molecule has 1 saturated heterocycles. The molecule has 150 valence electrons. The molecule has 6 fully saturated rings. The fraction of sp³-hybridized carbons (Fsp3) is 0.900.